The molecule has 8 heteroatoms. The van der Waals surface area contributed by atoms with Crippen molar-refractivity contribution in [2.24, 2.45) is 0 Å². The normalized spacial score (nSPS) is 12.6. The lowest BCUT2D eigenvalue weighted by molar-refractivity contribution is 0.566. The van der Waals surface area contributed by atoms with Gasteiger partial charge < -0.3 is 5.73 Å². The number of sulfone groups is 2. The first-order valence-corrected chi connectivity index (χ1v) is 8.63. The van der Waals surface area contributed by atoms with Gasteiger partial charge in [-0.05, 0) is 18.2 Å². The van der Waals surface area contributed by atoms with E-state index in [9.17, 15) is 21.2 Å². The summed E-state index contributed by atoms with van der Waals surface area (Å²) in [6.07, 6.45) is 0. The molecule has 1 rings (SSSR count). The van der Waals surface area contributed by atoms with Crippen LogP contribution in [-0.4, -0.2) is 34.1 Å². The van der Waals surface area contributed by atoms with Gasteiger partial charge in [0.2, 0.25) is 0 Å². The third-order valence-corrected chi connectivity index (χ3v) is 6.10. The lowest BCUT2D eigenvalue weighted by atomic mass is 10.3. The zero-order valence-electron chi connectivity index (χ0n) is 9.76. The van der Waals surface area contributed by atoms with E-state index in [4.69, 9.17) is 5.73 Å². The predicted molar refractivity (Wildman–Crippen MR) is 67.2 cm³/mol. The fourth-order valence-electron chi connectivity index (χ4n) is 1.26. The summed E-state index contributed by atoms with van der Waals surface area (Å²) in [6, 6.07) is 3.18. The minimum absolute atomic E-state index is 0.104. The Morgan fingerprint density at radius 1 is 1.17 bits per heavy atom. The van der Waals surface area contributed by atoms with Gasteiger partial charge in [0.15, 0.2) is 19.7 Å². The number of rotatable bonds is 5. The van der Waals surface area contributed by atoms with Gasteiger partial charge in [0.25, 0.3) is 0 Å². The molecule has 0 atom stereocenters. The van der Waals surface area contributed by atoms with Crippen LogP contribution in [0.1, 0.15) is 6.92 Å². The highest BCUT2D eigenvalue weighted by molar-refractivity contribution is 7.95. The van der Waals surface area contributed by atoms with Gasteiger partial charge in [-0.15, -0.1) is 0 Å². The van der Waals surface area contributed by atoms with Crippen LogP contribution >= 0.6 is 0 Å². The number of nitrogens with two attached hydrogens (primary N) is 1. The van der Waals surface area contributed by atoms with E-state index < -0.39 is 41.9 Å². The van der Waals surface area contributed by atoms with Crippen molar-refractivity contribution in [1.29, 1.82) is 0 Å². The molecule has 0 heterocycles. The van der Waals surface area contributed by atoms with Crippen molar-refractivity contribution < 1.29 is 21.2 Å². The van der Waals surface area contributed by atoms with Gasteiger partial charge in [-0.1, -0.05) is 6.92 Å². The third-order valence-electron chi connectivity index (χ3n) is 2.39. The van der Waals surface area contributed by atoms with Crippen molar-refractivity contribution >= 4 is 25.4 Å². The zero-order chi connectivity index (χ0) is 14.0. The van der Waals surface area contributed by atoms with Crippen molar-refractivity contribution in [3.63, 3.8) is 0 Å². The minimum Gasteiger partial charge on any atom is -0.399 e. The zero-order valence-corrected chi connectivity index (χ0v) is 11.4. The van der Waals surface area contributed by atoms with E-state index in [2.05, 4.69) is 0 Å². The summed E-state index contributed by atoms with van der Waals surface area (Å²) in [7, 11) is -7.37. The first-order valence-electron chi connectivity index (χ1n) is 5.16. The van der Waals surface area contributed by atoms with Crippen molar-refractivity contribution in [2.45, 2.75) is 11.8 Å². The molecule has 0 aromatic heterocycles. The quantitative estimate of drug-likeness (QED) is 0.803. The molecule has 1 aromatic rings. The van der Waals surface area contributed by atoms with E-state index in [0.717, 1.165) is 12.1 Å². The Labute approximate surface area is 106 Å². The van der Waals surface area contributed by atoms with Crippen LogP contribution in [0.15, 0.2) is 23.1 Å². The highest BCUT2D eigenvalue weighted by atomic mass is 32.2. The van der Waals surface area contributed by atoms with Gasteiger partial charge in [-0.3, -0.25) is 0 Å². The molecule has 5 nitrogen and oxygen atoms in total. The highest BCUT2D eigenvalue weighted by Gasteiger charge is 2.22. The second kappa shape index (κ2) is 5.23. The lowest BCUT2D eigenvalue weighted by Crippen LogP contribution is -2.19. The topological polar surface area (TPSA) is 94.3 Å². The number of nitrogen functional groups attached to an aromatic ring is 1. The maximum atomic E-state index is 13.4. The highest BCUT2D eigenvalue weighted by Crippen LogP contribution is 2.18. The Bertz CT molecular complexity index is 638. The van der Waals surface area contributed by atoms with E-state index in [1.54, 1.807) is 0 Å². The average molecular weight is 295 g/mol. The van der Waals surface area contributed by atoms with Crippen LogP contribution in [0, 0.1) is 5.82 Å². The van der Waals surface area contributed by atoms with Gasteiger partial charge in [0.1, 0.15) is 10.7 Å². The van der Waals surface area contributed by atoms with Crippen LogP contribution in [0.25, 0.3) is 0 Å². The first-order chi connectivity index (χ1) is 8.18. The summed E-state index contributed by atoms with van der Waals surface area (Å²) in [5.74, 6) is -2.27. The third kappa shape index (κ3) is 3.67. The summed E-state index contributed by atoms with van der Waals surface area (Å²) in [6.45, 7) is 1.42. The SMILES string of the molecule is CCS(=O)(=O)CCS(=O)(=O)c1ccc(N)cc1F. The molecule has 0 fully saturated rings. The molecule has 0 saturated carbocycles. The van der Waals surface area contributed by atoms with E-state index in [0.29, 0.717) is 0 Å². The average Bonchev–Trinajstić information content (AvgIpc) is 2.26. The number of hydrogen-bond donors (Lipinski definition) is 1. The second-order valence-electron chi connectivity index (χ2n) is 3.75. The fourth-order valence-corrected chi connectivity index (χ4v) is 4.29. The summed E-state index contributed by atoms with van der Waals surface area (Å²) < 4.78 is 59.5. The molecule has 0 spiro atoms. The largest absolute Gasteiger partial charge is 0.399 e. The molecule has 0 radical (unpaired) electrons. The molecular weight excluding hydrogens is 281 g/mol. The molecule has 0 unspecified atom stereocenters. The van der Waals surface area contributed by atoms with Gasteiger partial charge >= 0.3 is 0 Å². The van der Waals surface area contributed by atoms with Crippen LogP contribution in [0.3, 0.4) is 0 Å². The Hall–Kier alpha value is -1.15. The molecule has 0 aliphatic rings. The van der Waals surface area contributed by atoms with Crippen LogP contribution in [-0.2, 0) is 19.7 Å². The number of anilines is 1. The monoisotopic (exact) mass is 295 g/mol. The summed E-state index contributed by atoms with van der Waals surface area (Å²) >= 11 is 0. The van der Waals surface area contributed by atoms with Gasteiger partial charge in [0.05, 0.1) is 11.5 Å². The van der Waals surface area contributed by atoms with Crippen LogP contribution in [0.4, 0.5) is 10.1 Å². The van der Waals surface area contributed by atoms with Gasteiger partial charge in [-0.25, -0.2) is 21.2 Å². The maximum absolute atomic E-state index is 13.4. The van der Waals surface area contributed by atoms with Crippen molar-refractivity contribution in [3.8, 4) is 0 Å². The van der Waals surface area contributed by atoms with Crippen molar-refractivity contribution in [3.05, 3.63) is 24.0 Å². The fraction of sp³-hybridized carbons (Fsp3) is 0.400. The standard InChI is InChI=1S/C10H14FNO4S2/c1-2-17(13,14)5-6-18(15,16)10-4-3-8(12)7-9(10)11/h3-4,7H,2,5-6,12H2,1H3. The summed E-state index contributed by atoms with van der Waals surface area (Å²) in [5, 5.41) is 0. The number of hydrogen-bond acceptors (Lipinski definition) is 5. The molecule has 0 aliphatic heterocycles. The van der Waals surface area contributed by atoms with Crippen molar-refractivity contribution in [2.75, 3.05) is 23.0 Å². The molecule has 0 saturated heterocycles. The van der Waals surface area contributed by atoms with Gasteiger partial charge in [0, 0.05) is 11.4 Å². The molecule has 0 amide bonds. The van der Waals surface area contributed by atoms with E-state index in [-0.39, 0.29) is 11.4 Å². The minimum atomic E-state index is -3.96. The smallest absolute Gasteiger partial charge is 0.182 e. The van der Waals surface area contributed by atoms with E-state index in [1.807, 2.05) is 0 Å². The van der Waals surface area contributed by atoms with Crippen LogP contribution in [0.2, 0.25) is 0 Å². The first kappa shape index (κ1) is 14.9. The number of halogens is 1. The molecule has 0 aliphatic carbocycles. The predicted octanol–water partition coefficient (Wildman–Crippen LogP) is 0.616. The maximum Gasteiger partial charge on any atom is 0.182 e. The Morgan fingerprint density at radius 2 is 1.78 bits per heavy atom. The molecule has 18 heavy (non-hydrogen) atoms. The Morgan fingerprint density at radius 3 is 2.28 bits per heavy atom. The second-order valence-corrected chi connectivity index (χ2v) is 8.30. The molecule has 102 valence electrons. The molecule has 2 N–H and O–H groups in total. The molecular formula is C10H14FNO4S2. The van der Waals surface area contributed by atoms with E-state index in [1.165, 1.54) is 13.0 Å². The molecule has 1 aromatic carbocycles. The van der Waals surface area contributed by atoms with Crippen LogP contribution in [0.5, 0.6) is 0 Å². The summed E-state index contributed by atoms with van der Waals surface area (Å²) in [5.41, 5.74) is 5.41. The Balaban J connectivity index is 3.01. The summed E-state index contributed by atoms with van der Waals surface area (Å²) in [4.78, 5) is -0.525. The molecule has 0 bridgehead atoms. The van der Waals surface area contributed by atoms with Crippen LogP contribution < -0.4 is 5.73 Å². The Kier molecular flexibility index (Phi) is 4.33. The number of benzene rings is 1. The van der Waals surface area contributed by atoms with E-state index >= 15 is 0 Å². The lowest BCUT2D eigenvalue weighted by Gasteiger charge is -2.06. The van der Waals surface area contributed by atoms with Gasteiger partial charge in [-0.2, -0.15) is 0 Å². The van der Waals surface area contributed by atoms with Crippen molar-refractivity contribution in [1.82, 2.24) is 0 Å².